The largest absolute Gasteiger partial charge is 0.459 e. The minimum absolute atomic E-state index is 0.156. The molecule has 0 fully saturated rings. The Bertz CT molecular complexity index is 853. The van der Waals surface area contributed by atoms with Crippen LogP contribution in [0.2, 0.25) is 0 Å². The van der Waals surface area contributed by atoms with Gasteiger partial charge >= 0.3 is 12.0 Å². The Balaban J connectivity index is 2.05. The Hall–Kier alpha value is -3.42. The lowest BCUT2D eigenvalue weighted by atomic mass is 10.0. The Kier molecular flexibility index (Phi) is 7.08. The highest BCUT2D eigenvalue weighted by Gasteiger charge is 2.20. The van der Waals surface area contributed by atoms with Crippen LogP contribution in [-0.4, -0.2) is 24.0 Å². The number of rotatable bonds is 7. The topological polar surface area (TPSA) is 111 Å². The molecule has 4 N–H and O–H groups in total. The van der Waals surface area contributed by atoms with Crippen molar-refractivity contribution < 1.29 is 23.5 Å². The quantitative estimate of drug-likeness (QED) is 0.634. The Morgan fingerprint density at radius 1 is 1.07 bits per heavy atom. The minimum atomic E-state index is -0.918. The molecule has 2 rings (SSSR count). The van der Waals surface area contributed by atoms with E-state index in [9.17, 15) is 18.8 Å². The van der Waals surface area contributed by atoms with E-state index in [1.807, 2.05) is 0 Å². The maximum atomic E-state index is 14.0. The lowest BCUT2D eigenvalue weighted by molar-refractivity contribution is -0.116. The molecule has 0 heterocycles. The van der Waals surface area contributed by atoms with Crippen LogP contribution in [0.3, 0.4) is 0 Å². The second-order valence-corrected chi connectivity index (χ2v) is 6.37. The Labute approximate surface area is 162 Å². The van der Waals surface area contributed by atoms with E-state index in [2.05, 4.69) is 10.6 Å². The number of halogens is 1. The molecule has 0 radical (unpaired) electrons. The molecule has 0 spiro atoms. The number of carbonyl (C=O) groups excluding carboxylic acids is 3. The summed E-state index contributed by atoms with van der Waals surface area (Å²) in [6.07, 6.45) is -0.457. The van der Waals surface area contributed by atoms with Crippen molar-refractivity contribution in [2.24, 2.45) is 5.73 Å². The highest BCUT2D eigenvalue weighted by Crippen LogP contribution is 2.21. The van der Waals surface area contributed by atoms with Gasteiger partial charge in [-0.15, -0.1) is 0 Å². The van der Waals surface area contributed by atoms with E-state index in [-0.39, 0.29) is 18.1 Å². The van der Waals surface area contributed by atoms with Gasteiger partial charge in [-0.1, -0.05) is 18.2 Å². The average Bonchev–Trinajstić information content (AvgIpc) is 2.61. The smallest absolute Gasteiger partial charge is 0.338 e. The molecule has 0 aliphatic heterocycles. The number of hydrogen-bond acceptors (Lipinski definition) is 4. The normalized spacial score (nSPS) is 11.6. The number of nitrogens with two attached hydrogens (primary N) is 1. The van der Waals surface area contributed by atoms with Gasteiger partial charge < -0.3 is 21.1 Å². The first-order chi connectivity index (χ1) is 13.3. The number of carbonyl (C=O) groups is 3. The van der Waals surface area contributed by atoms with Crippen LogP contribution in [0.4, 0.5) is 14.9 Å². The molecule has 0 aromatic heterocycles. The number of anilines is 1. The second-order valence-electron chi connectivity index (χ2n) is 6.37. The van der Waals surface area contributed by atoms with Gasteiger partial charge in [0.2, 0.25) is 5.91 Å². The average molecular weight is 387 g/mol. The second kappa shape index (κ2) is 9.50. The van der Waals surface area contributed by atoms with Crippen LogP contribution >= 0.6 is 0 Å². The van der Waals surface area contributed by atoms with Crippen molar-refractivity contribution in [3.63, 3.8) is 0 Å². The monoisotopic (exact) mass is 387 g/mol. The first-order valence-corrected chi connectivity index (χ1v) is 8.67. The van der Waals surface area contributed by atoms with Crippen molar-refractivity contribution in [2.75, 3.05) is 5.32 Å². The van der Waals surface area contributed by atoms with Gasteiger partial charge in [0, 0.05) is 11.3 Å². The van der Waals surface area contributed by atoms with Crippen molar-refractivity contribution >= 4 is 23.6 Å². The van der Waals surface area contributed by atoms with Gasteiger partial charge in [0.25, 0.3) is 0 Å². The fraction of sp³-hybridized carbons (Fsp3) is 0.250. The Morgan fingerprint density at radius 2 is 1.71 bits per heavy atom. The fourth-order valence-electron chi connectivity index (χ4n) is 2.54. The summed E-state index contributed by atoms with van der Waals surface area (Å²) >= 11 is 0. The standard InChI is InChI=1S/C20H22FN3O4/c1-12(2)28-19(26)13-7-9-14(10-8-13)23-18(25)11-17(24-20(22)27)15-5-3-4-6-16(15)21/h3-10,12,17H,11H2,1-2H3,(H,23,25)(H3,22,24,27)/t17-/m0/s1. The van der Waals surface area contributed by atoms with Crippen LogP contribution in [0.1, 0.15) is 42.2 Å². The van der Waals surface area contributed by atoms with Gasteiger partial charge in [0.05, 0.1) is 24.1 Å². The zero-order valence-electron chi connectivity index (χ0n) is 15.6. The van der Waals surface area contributed by atoms with Gasteiger partial charge in [-0.05, 0) is 44.2 Å². The molecular weight excluding hydrogens is 365 g/mol. The molecule has 0 bridgehead atoms. The molecule has 0 aliphatic rings. The molecule has 0 aliphatic carbocycles. The Morgan fingerprint density at radius 3 is 2.29 bits per heavy atom. The third-order valence-corrected chi connectivity index (χ3v) is 3.73. The molecule has 2 aromatic rings. The third kappa shape index (κ3) is 6.08. The highest BCUT2D eigenvalue weighted by molar-refractivity contribution is 5.93. The number of primary amides is 1. The maximum Gasteiger partial charge on any atom is 0.338 e. The number of hydrogen-bond donors (Lipinski definition) is 3. The summed E-state index contributed by atoms with van der Waals surface area (Å²) < 4.78 is 19.1. The first kappa shape index (κ1) is 20.9. The SMILES string of the molecule is CC(C)OC(=O)c1ccc(NC(=O)C[C@H](NC(N)=O)c2ccccc2F)cc1. The molecule has 148 valence electrons. The van der Waals surface area contributed by atoms with Crippen molar-refractivity contribution in [1.82, 2.24) is 5.32 Å². The molecule has 0 saturated heterocycles. The number of urea groups is 1. The molecule has 2 aromatic carbocycles. The summed E-state index contributed by atoms with van der Waals surface area (Å²) in [5.74, 6) is -1.47. The summed E-state index contributed by atoms with van der Waals surface area (Å²) in [7, 11) is 0. The van der Waals surface area contributed by atoms with Crippen molar-refractivity contribution in [3.8, 4) is 0 Å². The predicted octanol–water partition coefficient (Wildman–Crippen LogP) is 3.13. The van der Waals surface area contributed by atoms with Crippen molar-refractivity contribution in [2.45, 2.75) is 32.4 Å². The lowest BCUT2D eigenvalue weighted by Gasteiger charge is -2.18. The lowest BCUT2D eigenvalue weighted by Crippen LogP contribution is -2.35. The summed E-state index contributed by atoms with van der Waals surface area (Å²) in [6.45, 7) is 3.50. The highest BCUT2D eigenvalue weighted by atomic mass is 19.1. The first-order valence-electron chi connectivity index (χ1n) is 8.67. The zero-order valence-corrected chi connectivity index (χ0v) is 15.6. The third-order valence-electron chi connectivity index (χ3n) is 3.73. The van der Waals surface area contributed by atoms with E-state index in [0.717, 1.165) is 0 Å². The van der Waals surface area contributed by atoms with Gasteiger partial charge in [-0.2, -0.15) is 0 Å². The number of amides is 3. The summed E-state index contributed by atoms with van der Waals surface area (Å²) in [6, 6.07) is 10.2. The van der Waals surface area contributed by atoms with Gasteiger partial charge in [0.1, 0.15) is 5.82 Å². The summed E-state index contributed by atoms with van der Waals surface area (Å²) in [5.41, 5.74) is 6.09. The van der Waals surface area contributed by atoms with E-state index >= 15 is 0 Å². The molecule has 0 unspecified atom stereocenters. The maximum absolute atomic E-state index is 14.0. The van der Waals surface area contributed by atoms with Crippen LogP contribution in [0, 0.1) is 5.82 Å². The molecule has 0 saturated carbocycles. The number of benzene rings is 2. The molecule has 3 amide bonds. The van der Waals surface area contributed by atoms with E-state index < -0.39 is 29.8 Å². The van der Waals surface area contributed by atoms with Crippen LogP contribution in [0.5, 0.6) is 0 Å². The summed E-state index contributed by atoms with van der Waals surface area (Å²) in [4.78, 5) is 35.4. The fourth-order valence-corrected chi connectivity index (χ4v) is 2.54. The van der Waals surface area contributed by atoms with Gasteiger partial charge in [0.15, 0.2) is 0 Å². The molecule has 1 atom stereocenters. The zero-order chi connectivity index (χ0) is 20.7. The minimum Gasteiger partial charge on any atom is -0.459 e. The van der Waals surface area contributed by atoms with Crippen molar-refractivity contribution in [3.05, 3.63) is 65.5 Å². The van der Waals surface area contributed by atoms with Crippen LogP contribution in [-0.2, 0) is 9.53 Å². The number of ether oxygens (including phenoxy) is 1. The van der Waals surface area contributed by atoms with Crippen molar-refractivity contribution in [1.29, 1.82) is 0 Å². The van der Waals surface area contributed by atoms with Gasteiger partial charge in [-0.25, -0.2) is 14.0 Å². The number of esters is 1. The molecule has 7 nitrogen and oxygen atoms in total. The molecule has 8 heteroatoms. The number of nitrogens with one attached hydrogen (secondary N) is 2. The summed E-state index contributed by atoms with van der Waals surface area (Å²) in [5, 5.41) is 5.01. The van der Waals surface area contributed by atoms with E-state index in [1.54, 1.807) is 32.0 Å². The molecular formula is C20H22FN3O4. The predicted molar refractivity (Wildman–Crippen MR) is 102 cm³/mol. The van der Waals surface area contributed by atoms with Gasteiger partial charge in [-0.3, -0.25) is 4.79 Å². The van der Waals surface area contributed by atoms with Crippen LogP contribution in [0.15, 0.2) is 48.5 Å². The van der Waals surface area contributed by atoms with E-state index in [4.69, 9.17) is 10.5 Å². The van der Waals surface area contributed by atoms with Crippen LogP contribution in [0.25, 0.3) is 0 Å². The molecule has 28 heavy (non-hydrogen) atoms. The van der Waals surface area contributed by atoms with E-state index in [1.165, 1.54) is 30.3 Å². The van der Waals surface area contributed by atoms with E-state index in [0.29, 0.717) is 11.3 Å². The van der Waals surface area contributed by atoms with Crippen LogP contribution < -0.4 is 16.4 Å².